The van der Waals surface area contributed by atoms with Gasteiger partial charge in [0.15, 0.2) is 0 Å². The number of piperazine rings is 1. The number of nitrogens with one attached hydrogen (secondary N) is 1. The SMILES string of the molecule is ON=C(CCN1CCNCC1)c1ccccc1. The highest BCUT2D eigenvalue weighted by Crippen LogP contribution is 2.06. The first kappa shape index (κ1) is 12.1. The summed E-state index contributed by atoms with van der Waals surface area (Å²) in [4.78, 5) is 2.39. The fourth-order valence-electron chi connectivity index (χ4n) is 2.08. The Labute approximate surface area is 102 Å². The van der Waals surface area contributed by atoms with Crippen LogP contribution in [0.25, 0.3) is 0 Å². The summed E-state index contributed by atoms with van der Waals surface area (Å²) in [6.07, 6.45) is 0.792. The Hall–Kier alpha value is -1.39. The molecule has 2 N–H and O–H groups in total. The van der Waals surface area contributed by atoms with Crippen molar-refractivity contribution in [3.8, 4) is 0 Å². The van der Waals surface area contributed by atoms with Gasteiger partial charge in [-0.15, -0.1) is 0 Å². The maximum absolute atomic E-state index is 9.07. The molecule has 0 aliphatic carbocycles. The standard InChI is InChI=1S/C13H19N3O/c17-15-13(12-4-2-1-3-5-12)6-9-16-10-7-14-8-11-16/h1-5,14,17H,6-11H2. The largest absolute Gasteiger partial charge is 0.411 e. The topological polar surface area (TPSA) is 47.9 Å². The Balaban J connectivity index is 1.88. The summed E-state index contributed by atoms with van der Waals surface area (Å²) >= 11 is 0. The molecule has 1 aromatic carbocycles. The van der Waals surface area contributed by atoms with Gasteiger partial charge in [0.05, 0.1) is 5.71 Å². The Bertz CT molecular complexity index is 358. The van der Waals surface area contributed by atoms with Crippen molar-refractivity contribution in [2.75, 3.05) is 32.7 Å². The maximum Gasteiger partial charge on any atom is 0.0880 e. The van der Waals surface area contributed by atoms with Crippen LogP contribution < -0.4 is 5.32 Å². The smallest absolute Gasteiger partial charge is 0.0880 e. The van der Waals surface area contributed by atoms with Gasteiger partial charge in [0, 0.05) is 39.1 Å². The van der Waals surface area contributed by atoms with Gasteiger partial charge in [-0.2, -0.15) is 0 Å². The Morgan fingerprint density at radius 3 is 2.59 bits per heavy atom. The zero-order valence-corrected chi connectivity index (χ0v) is 9.97. The van der Waals surface area contributed by atoms with Crippen molar-refractivity contribution in [3.63, 3.8) is 0 Å². The van der Waals surface area contributed by atoms with Crippen LogP contribution in [0.15, 0.2) is 35.5 Å². The van der Waals surface area contributed by atoms with Crippen LogP contribution >= 0.6 is 0 Å². The van der Waals surface area contributed by atoms with E-state index in [4.69, 9.17) is 5.21 Å². The molecule has 92 valence electrons. The van der Waals surface area contributed by atoms with Crippen LogP contribution in [0.1, 0.15) is 12.0 Å². The molecule has 1 aliphatic heterocycles. The molecular weight excluding hydrogens is 214 g/mol. The van der Waals surface area contributed by atoms with Crippen molar-refractivity contribution < 1.29 is 5.21 Å². The van der Waals surface area contributed by atoms with Crippen LogP contribution in [0.5, 0.6) is 0 Å². The van der Waals surface area contributed by atoms with E-state index in [0.29, 0.717) is 0 Å². The van der Waals surface area contributed by atoms with Crippen LogP contribution in [0.4, 0.5) is 0 Å². The predicted molar refractivity (Wildman–Crippen MR) is 68.7 cm³/mol. The van der Waals surface area contributed by atoms with Gasteiger partial charge in [0.1, 0.15) is 0 Å². The first-order valence-electron chi connectivity index (χ1n) is 6.09. The molecule has 0 saturated carbocycles. The predicted octanol–water partition coefficient (Wildman–Crippen LogP) is 1.16. The van der Waals surface area contributed by atoms with Crippen LogP contribution in [-0.4, -0.2) is 48.5 Å². The van der Waals surface area contributed by atoms with Crippen LogP contribution in [0.2, 0.25) is 0 Å². The molecule has 0 spiro atoms. The summed E-state index contributed by atoms with van der Waals surface area (Å²) in [6.45, 7) is 5.21. The highest BCUT2D eigenvalue weighted by molar-refractivity contribution is 6.00. The van der Waals surface area contributed by atoms with Crippen molar-refractivity contribution in [2.45, 2.75) is 6.42 Å². The Morgan fingerprint density at radius 2 is 1.94 bits per heavy atom. The molecular formula is C13H19N3O. The summed E-state index contributed by atoms with van der Waals surface area (Å²) in [7, 11) is 0. The highest BCUT2D eigenvalue weighted by Gasteiger charge is 2.11. The molecule has 1 saturated heterocycles. The zero-order chi connectivity index (χ0) is 11.9. The second-order valence-corrected chi connectivity index (χ2v) is 4.25. The molecule has 0 aromatic heterocycles. The normalized spacial score (nSPS) is 18.2. The molecule has 0 amide bonds. The molecule has 2 rings (SSSR count). The number of oxime groups is 1. The Kier molecular flexibility index (Phi) is 4.53. The minimum Gasteiger partial charge on any atom is -0.411 e. The molecule has 1 aromatic rings. The van der Waals surface area contributed by atoms with Gasteiger partial charge in [-0.25, -0.2) is 0 Å². The van der Waals surface area contributed by atoms with E-state index >= 15 is 0 Å². The monoisotopic (exact) mass is 233 g/mol. The summed E-state index contributed by atoms with van der Waals surface area (Å²) in [5, 5.41) is 15.8. The van der Waals surface area contributed by atoms with Crippen molar-refractivity contribution in [2.24, 2.45) is 5.16 Å². The lowest BCUT2D eigenvalue weighted by Gasteiger charge is -2.27. The maximum atomic E-state index is 9.07. The van der Waals surface area contributed by atoms with Crippen molar-refractivity contribution >= 4 is 5.71 Å². The van der Waals surface area contributed by atoms with E-state index in [0.717, 1.165) is 50.4 Å². The molecule has 0 atom stereocenters. The highest BCUT2D eigenvalue weighted by atomic mass is 16.4. The van der Waals surface area contributed by atoms with E-state index in [1.807, 2.05) is 30.3 Å². The van der Waals surface area contributed by atoms with Gasteiger partial charge in [0.25, 0.3) is 0 Å². The molecule has 1 fully saturated rings. The number of hydrogen-bond acceptors (Lipinski definition) is 4. The van der Waals surface area contributed by atoms with Gasteiger partial charge in [-0.05, 0) is 5.56 Å². The van der Waals surface area contributed by atoms with E-state index in [1.54, 1.807) is 0 Å². The average molecular weight is 233 g/mol. The van der Waals surface area contributed by atoms with Gasteiger partial charge in [-0.1, -0.05) is 35.5 Å². The van der Waals surface area contributed by atoms with E-state index in [9.17, 15) is 0 Å². The molecule has 0 unspecified atom stereocenters. The molecule has 4 heteroatoms. The second-order valence-electron chi connectivity index (χ2n) is 4.25. The van der Waals surface area contributed by atoms with E-state index in [-0.39, 0.29) is 0 Å². The molecule has 1 aliphatic rings. The number of nitrogens with zero attached hydrogens (tertiary/aromatic N) is 2. The lowest BCUT2D eigenvalue weighted by atomic mass is 10.1. The summed E-state index contributed by atoms with van der Waals surface area (Å²) in [5.74, 6) is 0. The fourth-order valence-corrected chi connectivity index (χ4v) is 2.08. The van der Waals surface area contributed by atoms with E-state index < -0.39 is 0 Å². The first-order chi connectivity index (χ1) is 8.40. The molecule has 17 heavy (non-hydrogen) atoms. The minimum atomic E-state index is 0.768. The third-order valence-electron chi connectivity index (χ3n) is 3.10. The fraction of sp³-hybridized carbons (Fsp3) is 0.462. The average Bonchev–Trinajstić information content (AvgIpc) is 2.42. The van der Waals surface area contributed by atoms with Crippen LogP contribution in [0, 0.1) is 0 Å². The Morgan fingerprint density at radius 1 is 1.24 bits per heavy atom. The lowest BCUT2D eigenvalue weighted by molar-refractivity contribution is 0.246. The summed E-state index contributed by atoms with van der Waals surface area (Å²) < 4.78 is 0. The molecule has 0 bridgehead atoms. The molecule has 1 heterocycles. The van der Waals surface area contributed by atoms with Crippen LogP contribution in [-0.2, 0) is 0 Å². The van der Waals surface area contributed by atoms with E-state index in [1.165, 1.54) is 0 Å². The quantitative estimate of drug-likeness (QED) is 0.466. The van der Waals surface area contributed by atoms with E-state index in [2.05, 4.69) is 15.4 Å². The van der Waals surface area contributed by atoms with Gasteiger partial charge in [0.2, 0.25) is 0 Å². The zero-order valence-electron chi connectivity index (χ0n) is 9.97. The van der Waals surface area contributed by atoms with Crippen molar-refractivity contribution in [3.05, 3.63) is 35.9 Å². The first-order valence-corrected chi connectivity index (χ1v) is 6.09. The number of benzene rings is 1. The van der Waals surface area contributed by atoms with Gasteiger partial charge < -0.3 is 15.4 Å². The van der Waals surface area contributed by atoms with Crippen molar-refractivity contribution in [1.82, 2.24) is 10.2 Å². The number of hydrogen-bond donors (Lipinski definition) is 2. The molecule has 4 nitrogen and oxygen atoms in total. The third kappa shape index (κ3) is 3.54. The molecule has 0 radical (unpaired) electrons. The van der Waals surface area contributed by atoms with Gasteiger partial charge in [-0.3, -0.25) is 0 Å². The summed E-state index contributed by atoms with van der Waals surface area (Å²) in [6, 6.07) is 9.85. The van der Waals surface area contributed by atoms with Gasteiger partial charge >= 0.3 is 0 Å². The third-order valence-corrected chi connectivity index (χ3v) is 3.10. The second kappa shape index (κ2) is 6.37. The summed E-state index contributed by atoms with van der Waals surface area (Å²) in [5.41, 5.74) is 1.77. The van der Waals surface area contributed by atoms with Crippen LogP contribution in [0.3, 0.4) is 0 Å². The minimum absolute atomic E-state index is 0.768. The number of rotatable bonds is 4. The lowest BCUT2D eigenvalue weighted by Crippen LogP contribution is -2.44. The van der Waals surface area contributed by atoms with Crippen molar-refractivity contribution in [1.29, 1.82) is 0 Å².